The molecule has 112 valence electrons. The first-order chi connectivity index (χ1) is 9.58. The van der Waals surface area contributed by atoms with E-state index >= 15 is 0 Å². The van der Waals surface area contributed by atoms with Crippen molar-refractivity contribution in [1.29, 1.82) is 0 Å². The van der Waals surface area contributed by atoms with Crippen LogP contribution in [0.3, 0.4) is 0 Å². The number of hydrogen-bond acceptors (Lipinski definition) is 2. The third kappa shape index (κ3) is 3.01. The first-order valence-corrected chi connectivity index (χ1v) is 7.49. The van der Waals surface area contributed by atoms with Gasteiger partial charge in [0, 0.05) is 12.1 Å². The van der Waals surface area contributed by atoms with Gasteiger partial charge in [0.1, 0.15) is 0 Å². The van der Waals surface area contributed by atoms with Crippen LogP contribution in [0.15, 0.2) is 18.2 Å². The van der Waals surface area contributed by atoms with Crippen molar-refractivity contribution >= 4 is 0 Å². The lowest BCUT2D eigenvalue weighted by Crippen LogP contribution is -2.41. The summed E-state index contributed by atoms with van der Waals surface area (Å²) in [4.78, 5) is 2.37. The summed E-state index contributed by atoms with van der Waals surface area (Å²) in [5.74, 6) is -1.04. The van der Waals surface area contributed by atoms with Crippen molar-refractivity contribution in [2.24, 2.45) is 11.7 Å². The van der Waals surface area contributed by atoms with Crippen molar-refractivity contribution in [3.05, 3.63) is 35.4 Å². The lowest BCUT2D eigenvalue weighted by atomic mass is 9.98. The minimum Gasteiger partial charge on any atom is -0.330 e. The van der Waals surface area contributed by atoms with Crippen LogP contribution in [0, 0.1) is 17.6 Å². The van der Waals surface area contributed by atoms with Crippen molar-refractivity contribution in [3.63, 3.8) is 0 Å². The number of hydrogen-bond donors (Lipinski definition) is 1. The molecule has 0 spiro atoms. The molecular formula is C16H24F2N2. The van der Waals surface area contributed by atoms with Gasteiger partial charge in [-0.2, -0.15) is 0 Å². The van der Waals surface area contributed by atoms with E-state index in [4.69, 9.17) is 5.73 Å². The first-order valence-electron chi connectivity index (χ1n) is 7.49. The molecule has 0 bridgehead atoms. The molecule has 1 aliphatic carbocycles. The van der Waals surface area contributed by atoms with E-state index in [1.165, 1.54) is 25.0 Å². The zero-order chi connectivity index (χ0) is 14.7. The molecule has 1 fully saturated rings. The summed E-state index contributed by atoms with van der Waals surface area (Å²) in [5.41, 5.74) is 6.69. The van der Waals surface area contributed by atoms with E-state index in [1.807, 2.05) is 0 Å². The van der Waals surface area contributed by atoms with Gasteiger partial charge in [-0.15, -0.1) is 0 Å². The molecule has 0 aliphatic heterocycles. The molecule has 1 aromatic carbocycles. The Balaban J connectivity index is 2.19. The van der Waals surface area contributed by atoms with Crippen LogP contribution in [-0.4, -0.2) is 24.0 Å². The molecule has 2 rings (SSSR count). The summed E-state index contributed by atoms with van der Waals surface area (Å²) in [5, 5.41) is 0. The second-order valence-electron chi connectivity index (χ2n) is 5.67. The average Bonchev–Trinajstić information content (AvgIpc) is 2.91. The number of benzene rings is 1. The molecule has 0 heterocycles. The lowest BCUT2D eigenvalue weighted by Gasteiger charge is -2.37. The van der Waals surface area contributed by atoms with Crippen LogP contribution >= 0.6 is 0 Å². The fraction of sp³-hybridized carbons (Fsp3) is 0.625. The molecule has 3 atom stereocenters. The summed E-state index contributed by atoms with van der Waals surface area (Å²) in [7, 11) is 0. The van der Waals surface area contributed by atoms with Gasteiger partial charge < -0.3 is 5.73 Å². The monoisotopic (exact) mass is 282 g/mol. The van der Waals surface area contributed by atoms with E-state index in [-0.39, 0.29) is 6.04 Å². The predicted molar refractivity (Wildman–Crippen MR) is 77.3 cm³/mol. The molecule has 2 nitrogen and oxygen atoms in total. The van der Waals surface area contributed by atoms with Gasteiger partial charge in [-0.05, 0) is 56.5 Å². The Morgan fingerprint density at radius 3 is 2.65 bits per heavy atom. The highest BCUT2D eigenvalue weighted by molar-refractivity contribution is 5.21. The largest absolute Gasteiger partial charge is 0.330 e. The molecule has 3 unspecified atom stereocenters. The third-order valence-electron chi connectivity index (χ3n) is 4.64. The predicted octanol–water partition coefficient (Wildman–Crippen LogP) is 3.48. The van der Waals surface area contributed by atoms with Crippen molar-refractivity contribution in [2.45, 2.75) is 45.2 Å². The number of rotatable bonds is 5. The van der Waals surface area contributed by atoms with Gasteiger partial charge in [-0.1, -0.05) is 19.4 Å². The van der Waals surface area contributed by atoms with Crippen molar-refractivity contribution in [3.8, 4) is 0 Å². The van der Waals surface area contributed by atoms with E-state index in [0.717, 1.165) is 18.5 Å². The van der Waals surface area contributed by atoms with Gasteiger partial charge >= 0.3 is 0 Å². The van der Waals surface area contributed by atoms with Gasteiger partial charge in [0.2, 0.25) is 0 Å². The Hall–Kier alpha value is -1.00. The quantitative estimate of drug-likeness (QED) is 0.896. The fourth-order valence-corrected chi connectivity index (χ4v) is 3.49. The van der Waals surface area contributed by atoms with Gasteiger partial charge in [0.25, 0.3) is 0 Å². The lowest BCUT2D eigenvalue weighted by molar-refractivity contribution is 0.123. The van der Waals surface area contributed by atoms with Crippen LogP contribution in [0.4, 0.5) is 8.78 Å². The van der Waals surface area contributed by atoms with E-state index in [9.17, 15) is 8.78 Å². The summed E-state index contributed by atoms with van der Waals surface area (Å²) < 4.78 is 26.5. The number of nitrogens with two attached hydrogens (primary N) is 1. The minimum atomic E-state index is -0.787. The molecule has 20 heavy (non-hydrogen) atoms. The summed E-state index contributed by atoms with van der Waals surface area (Å²) in [6, 6.07) is 4.73. The molecule has 1 saturated carbocycles. The Kier molecular flexibility index (Phi) is 5.11. The van der Waals surface area contributed by atoms with Crippen LogP contribution in [0.1, 0.15) is 44.7 Å². The van der Waals surface area contributed by atoms with Gasteiger partial charge in [0.05, 0.1) is 0 Å². The maximum atomic E-state index is 13.4. The van der Waals surface area contributed by atoms with Gasteiger partial charge in [-0.3, -0.25) is 4.90 Å². The molecule has 1 aromatic rings. The molecule has 0 amide bonds. The Morgan fingerprint density at radius 1 is 1.30 bits per heavy atom. The van der Waals surface area contributed by atoms with Crippen molar-refractivity contribution < 1.29 is 8.78 Å². The summed E-state index contributed by atoms with van der Waals surface area (Å²) in [6.45, 7) is 5.76. The summed E-state index contributed by atoms with van der Waals surface area (Å²) >= 11 is 0. The molecule has 4 heteroatoms. The van der Waals surface area contributed by atoms with Gasteiger partial charge in [-0.25, -0.2) is 8.78 Å². The highest BCUT2D eigenvalue weighted by atomic mass is 19.2. The second kappa shape index (κ2) is 6.64. The van der Waals surface area contributed by atoms with E-state index in [1.54, 1.807) is 6.07 Å². The normalized spacial score (nSPS) is 24.3. The third-order valence-corrected chi connectivity index (χ3v) is 4.64. The van der Waals surface area contributed by atoms with E-state index in [2.05, 4.69) is 18.7 Å². The maximum absolute atomic E-state index is 13.4. The zero-order valence-electron chi connectivity index (χ0n) is 12.3. The average molecular weight is 282 g/mol. The standard InChI is InChI=1S/C16H24F2N2/c1-3-20(16-6-4-5-13(16)10-19)11(2)12-7-8-14(17)15(18)9-12/h7-9,11,13,16H,3-6,10,19H2,1-2H3. The maximum Gasteiger partial charge on any atom is 0.159 e. The molecule has 1 aliphatic rings. The molecule has 0 radical (unpaired) electrons. The van der Waals surface area contributed by atoms with E-state index < -0.39 is 11.6 Å². The van der Waals surface area contributed by atoms with E-state index in [0.29, 0.717) is 18.5 Å². The van der Waals surface area contributed by atoms with Crippen LogP contribution in [0.2, 0.25) is 0 Å². The van der Waals surface area contributed by atoms with Crippen LogP contribution in [0.5, 0.6) is 0 Å². The van der Waals surface area contributed by atoms with Crippen molar-refractivity contribution in [1.82, 2.24) is 4.90 Å². The number of halogens is 2. The highest BCUT2D eigenvalue weighted by Gasteiger charge is 2.33. The Bertz CT molecular complexity index is 450. The SMILES string of the molecule is CCN(C(C)c1ccc(F)c(F)c1)C1CCCC1CN. The van der Waals surface area contributed by atoms with Crippen LogP contribution in [-0.2, 0) is 0 Å². The second-order valence-corrected chi connectivity index (χ2v) is 5.67. The Labute approximate surface area is 120 Å². The Morgan fingerprint density at radius 2 is 2.05 bits per heavy atom. The molecular weight excluding hydrogens is 258 g/mol. The molecule has 0 aromatic heterocycles. The first kappa shape index (κ1) is 15.4. The smallest absolute Gasteiger partial charge is 0.159 e. The molecule has 0 saturated heterocycles. The van der Waals surface area contributed by atoms with Crippen molar-refractivity contribution in [2.75, 3.05) is 13.1 Å². The zero-order valence-corrected chi connectivity index (χ0v) is 12.3. The summed E-state index contributed by atoms with van der Waals surface area (Å²) in [6.07, 6.45) is 3.51. The molecule has 2 N–H and O–H groups in total. The van der Waals surface area contributed by atoms with Crippen LogP contribution in [0.25, 0.3) is 0 Å². The van der Waals surface area contributed by atoms with Gasteiger partial charge in [0.15, 0.2) is 11.6 Å². The number of nitrogens with zero attached hydrogens (tertiary/aromatic N) is 1. The topological polar surface area (TPSA) is 29.3 Å². The fourth-order valence-electron chi connectivity index (χ4n) is 3.49. The highest BCUT2D eigenvalue weighted by Crippen LogP contribution is 2.34. The van der Waals surface area contributed by atoms with Crippen LogP contribution < -0.4 is 5.73 Å². The minimum absolute atomic E-state index is 0.0762.